The monoisotopic (exact) mass is 399 g/mol. The lowest BCUT2D eigenvalue weighted by Crippen LogP contribution is -2.27. The summed E-state index contributed by atoms with van der Waals surface area (Å²) in [4.78, 5) is 31.9. The lowest BCUT2D eigenvalue weighted by atomic mass is 10.2. The molecule has 0 spiro atoms. The van der Waals surface area contributed by atoms with Gasteiger partial charge in [0.2, 0.25) is 23.5 Å². The van der Waals surface area contributed by atoms with Gasteiger partial charge in [-0.2, -0.15) is 4.98 Å². The lowest BCUT2D eigenvalue weighted by molar-refractivity contribution is -0.121. The third-order valence-electron chi connectivity index (χ3n) is 3.76. The van der Waals surface area contributed by atoms with Crippen LogP contribution in [0.3, 0.4) is 0 Å². The summed E-state index contributed by atoms with van der Waals surface area (Å²) in [6.45, 7) is 0.241. The highest BCUT2D eigenvalue weighted by molar-refractivity contribution is 6.30. The number of carbonyl (C=O) groups is 2. The molecule has 0 aliphatic rings. The summed E-state index contributed by atoms with van der Waals surface area (Å²) < 4.78 is 5.16. The van der Waals surface area contributed by atoms with E-state index in [1.807, 2.05) is 0 Å². The fraction of sp³-hybridized carbons (Fsp3) is 0.211. The number of rotatable bonds is 8. The minimum absolute atomic E-state index is 0.169. The van der Waals surface area contributed by atoms with Crippen molar-refractivity contribution in [1.29, 1.82) is 0 Å². The minimum Gasteiger partial charge on any atom is -0.356 e. The summed E-state index contributed by atoms with van der Waals surface area (Å²) in [5, 5.41) is 9.92. The fourth-order valence-electron chi connectivity index (χ4n) is 2.36. The summed E-state index contributed by atoms with van der Waals surface area (Å²) in [6.07, 6.45) is 3.85. The van der Waals surface area contributed by atoms with Crippen LogP contribution < -0.4 is 10.6 Å². The van der Waals surface area contributed by atoms with Crippen molar-refractivity contribution in [2.75, 3.05) is 11.9 Å². The average Bonchev–Trinajstić information content (AvgIpc) is 3.17. The molecule has 3 rings (SSSR count). The van der Waals surface area contributed by atoms with E-state index in [1.54, 1.807) is 48.8 Å². The first kappa shape index (κ1) is 19.5. The van der Waals surface area contributed by atoms with E-state index in [1.165, 1.54) is 0 Å². The largest absolute Gasteiger partial charge is 0.356 e. The quantitative estimate of drug-likeness (QED) is 0.602. The molecule has 28 heavy (non-hydrogen) atoms. The molecule has 0 aliphatic carbocycles. The van der Waals surface area contributed by atoms with E-state index in [2.05, 4.69) is 25.8 Å². The molecule has 0 saturated heterocycles. The Morgan fingerprint density at radius 1 is 1.07 bits per heavy atom. The molecule has 9 heteroatoms. The molecule has 8 nitrogen and oxygen atoms in total. The van der Waals surface area contributed by atoms with E-state index in [0.717, 1.165) is 5.56 Å². The molecule has 2 amide bonds. The van der Waals surface area contributed by atoms with Gasteiger partial charge in [-0.1, -0.05) is 16.8 Å². The summed E-state index contributed by atoms with van der Waals surface area (Å²) in [7, 11) is 0. The van der Waals surface area contributed by atoms with E-state index in [0.29, 0.717) is 28.8 Å². The van der Waals surface area contributed by atoms with Crippen LogP contribution in [0.2, 0.25) is 5.02 Å². The number of hydrogen-bond donors (Lipinski definition) is 2. The fourth-order valence-corrected chi connectivity index (χ4v) is 2.48. The van der Waals surface area contributed by atoms with Crippen molar-refractivity contribution in [2.45, 2.75) is 19.3 Å². The molecule has 144 valence electrons. The number of pyridine rings is 1. The number of halogens is 1. The summed E-state index contributed by atoms with van der Waals surface area (Å²) in [6, 6.07) is 10.5. The van der Waals surface area contributed by atoms with Crippen molar-refractivity contribution in [2.24, 2.45) is 0 Å². The van der Waals surface area contributed by atoms with Crippen molar-refractivity contribution < 1.29 is 14.1 Å². The number of nitrogens with one attached hydrogen (secondary N) is 2. The van der Waals surface area contributed by atoms with Gasteiger partial charge in [0.1, 0.15) is 0 Å². The highest BCUT2D eigenvalue weighted by atomic mass is 35.5. The predicted octanol–water partition coefficient (Wildman–Crippen LogP) is 2.86. The Balaban J connectivity index is 1.37. The van der Waals surface area contributed by atoms with Crippen LogP contribution in [0.25, 0.3) is 11.4 Å². The zero-order valence-corrected chi connectivity index (χ0v) is 15.6. The summed E-state index contributed by atoms with van der Waals surface area (Å²) >= 11 is 5.85. The molecule has 2 aromatic heterocycles. The smallest absolute Gasteiger partial charge is 0.227 e. The molecule has 0 atom stereocenters. The Labute approximate surface area is 166 Å². The number of aryl methyl sites for hydroxylation is 1. The van der Waals surface area contributed by atoms with Gasteiger partial charge in [-0.15, -0.1) is 0 Å². The molecule has 0 fully saturated rings. The average molecular weight is 400 g/mol. The van der Waals surface area contributed by atoms with Crippen molar-refractivity contribution in [3.05, 3.63) is 59.7 Å². The van der Waals surface area contributed by atoms with Crippen molar-refractivity contribution in [1.82, 2.24) is 20.4 Å². The van der Waals surface area contributed by atoms with E-state index < -0.39 is 0 Å². The van der Waals surface area contributed by atoms with Crippen molar-refractivity contribution in [3.8, 4) is 11.4 Å². The van der Waals surface area contributed by atoms with Gasteiger partial charge >= 0.3 is 0 Å². The van der Waals surface area contributed by atoms with Crippen molar-refractivity contribution in [3.63, 3.8) is 0 Å². The van der Waals surface area contributed by atoms with E-state index in [4.69, 9.17) is 16.1 Å². The summed E-state index contributed by atoms with van der Waals surface area (Å²) in [5.41, 5.74) is 1.40. The molecular weight excluding hydrogens is 382 g/mol. The molecule has 0 unspecified atom stereocenters. The number of benzene rings is 1. The first-order chi connectivity index (χ1) is 13.6. The Kier molecular flexibility index (Phi) is 6.69. The second kappa shape index (κ2) is 9.61. The molecule has 3 aromatic rings. The number of carbonyl (C=O) groups excluding carboxylic acids is 2. The zero-order chi connectivity index (χ0) is 19.8. The maximum atomic E-state index is 11.9. The van der Waals surface area contributed by atoms with Gasteiger partial charge in [0.05, 0.1) is 11.9 Å². The van der Waals surface area contributed by atoms with Gasteiger partial charge in [0, 0.05) is 42.6 Å². The Morgan fingerprint density at radius 3 is 2.64 bits per heavy atom. The Morgan fingerprint density at radius 2 is 1.89 bits per heavy atom. The third-order valence-corrected chi connectivity index (χ3v) is 4.01. The number of anilines is 1. The number of aromatic nitrogens is 3. The highest BCUT2D eigenvalue weighted by Crippen LogP contribution is 2.18. The van der Waals surface area contributed by atoms with Gasteiger partial charge in [-0.25, -0.2) is 0 Å². The third kappa shape index (κ3) is 5.88. The van der Waals surface area contributed by atoms with E-state index in [-0.39, 0.29) is 31.2 Å². The number of amides is 2. The van der Waals surface area contributed by atoms with Crippen LogP contribution in [0, 0.1) is 0 Å². The molecular formula is C19H18ClN5O3. The second-order valence-electron chi connectivity index (χ2n) is 5.91. The van der Waals surface area contributed by atoms with Crippen molar-refractivity contribution >= 4 is 29.1 Å². The van der Waals surface area contributed by atoms with Gasteiger partial charge < -0.3 is 15.2 Å². The zero-order valence-electron chi connectivity index (χ0n) is 14.9. The van der Waals surface area contributed by atoms with Crippen LogP contribution in [-0.4, -0.2) is 33.5 Å². The molecule has 2 N–H and O–H groups in total. The SMILES string of the molecule is O=C(CCc1nc(-c2ccc(Cl)cc2)no1)NCCC(=O)Nc1cccnc1. The molecule has 2 heterocycles. The van der Waals surface area contributed by atoms with E-state index >= 15 is 0 Å². The van der Waals surface area contributed by atoms with Crippen LogP contribution in [0.1, 0.15) is 18.7 Å². The molecule has 0 aliphatic heterocycles. The predicted molar refractivity (Wildman–Crippen MR) is 104 cm³/mol. The minimum atomic E-state index is -0.196. The lowest BCUT2D eigenvalue weighted by Gasteiger charge is -2.05. The molecule has 0 bridgehead atoms. The van der Waals surface area contributed by atoms with Gasteiger partial charge in [0.15, 0.2) is 0 Å². The standard InChI is InChI=1S/C19H18ClN5O3/c20-14-5-3-13(4-6-14)19-24-18(28-25-19)8-7-16(26)22-11-9-17(27)23-15-2-1-10-21-12-15/h1-6,10,12H,7-9,11H2,(H,22,26)(H,23,27). The first-order valence-corrected chi connectivity index (χ1v) is 9.03. The van der Waals surface area contributed by atoms with Crippen LogP contribution in [0.15, 0.2) is 53.3 Å². The van der Waals surface area contributed by atoms with Crippen LogP contribution >= 0.6 is 11.6 Å². The molecule has 0 radical (unpaired) electrons. The van der Waals surface area contributed by atoms with Crippen LogP contribution in [0.4, 0.5) is 5.69 Å². The Hall–Kier alpha value is -3.26. The number of nitrogens with zero attached hydrogens (tertiary/aromatic N) is 3. The van der Waals surface area contributed by atoms with Crippen LogP contribution in [-0.2, 0) is 16.0 Å². The summed E-state index contributed by atoms with van der Waals surface area (Å²) in [5.74, 6) is 0.423. The molecule has 0 saturated carbocycles. The topological polar surface area (TPSA) is 110 Å². The van der Waals surface area contributed by atoms with E-state index in [9.17, 15) is 9.59 Å². The van der Waals surface area contributed by atoms with Gasteiger partial charge in [0.25, 0.3) is 0 Å². The van der Waals surface area contributed by atoms with Gasteiger partial charge in [-0.05, 0) is 36.4 Å². The first-order valence-electron chi connectivity index (χ1n) is 8.65. The number of hydrogen-bond acceptors (Lipinski definition) is 6. The second-order valence-corrected chi connectivity index (χ2v) is 6.34. The normalized spacial score (nSPS) is 10.5. The van der Waals surface area contributed by atoms with Gasteiger partial charge in [-0.3, -0.25) is 14.6 Å². The molecule has 1 aromatic carbocycles. The maximum Gasteiger partial charge on any atom is 0.227 e. The highest BCUT2D eigenvalue weighted by Gasteiger charge is 2.11. The Bertz CT molecular complexity index is 928. The van der Waals surface area contributed by atoms with Crippen LogP contribution in [0.5, 0.6) is 0 Å². The maximum absolute atomic E-state index is 11.9.